The van der Waals surface area contributed by atoms with Gasteiger partial charge in [0, 0.05) is 5.56 Å². The lowest BCUT2D eigenvalue weighted by Crippen LogP contribution is -2.29. The number of carbonyl (C=O) groups excluding carboxylic acids is 1. The van der Waals surface area contributed by atoms with Crippen molar-refractivity contribution in [3.63, 3.8) is 0 Å². The summed E-state index contributed by atoms with van der Waals surface area (Å²) in [7, 11) is -3.51. The summed E-state index contributed by atoms with van der Waals surface area (Å²) in [4.78, 5) is 12.9. The van der Waals surface area contributed by atoms with Crippen molar-refractivity contribution in [1.29, 1.82) is 0 Å². The zero-order valence-corrected chi connectivity index (χ0v) is 22.0. The van der Waals surface area contributed by atoms with Gasteiger partial charge >= 0.3 is 0 Å². The summed E-state index contributed by atoms with van der Waals surface area (Å²) < 4.78 is 31.8. The number of benzene rings is 3. The van der Waals surface area contributed by atoms with Crippen molar-refractivity contribution in [2.45, 2.75) is 52.1 Å². The maximum Gasteiger partial charge on any atom is 0.251 e. The van der Waals surface area contributed by atoms with Crippen molar-refractivity contribution in [3.8, 4) is 5.75 Å². The zero-order chi connectivity index (χ0) is 25.7. The molecule has 1 aliphatic carbocycles. The van der Waals surface area contributed by atoms with E-state index < -0.39 is 10.0 Å². The normalized spacial score (nSPS) is 14.0. The quantitative estimate of drug-likeness (QED) is 0.420. The Balaban J connectivity index is 1.43. The van der Waals surface area contributed by atoms with E-state index in [4.69, 9.17) is 4.74 Å². The van der Waals surface area contributed by atoms with Gasteiger partial charge < -0.3 is 10.1 Å². The van der Waals surface area contributed by atoms with Crippen molar-refractivity contribution in [1.82, 2.24) is 5.32 Å². The fourth-order valence-corrected chi connectivity index (χ4v) is 5.48. The average Bonchev–Trinajstić information content (AvgIpc) is 2.87. The molecule has 0 heterocycles. The standard InChI is InChI=1S/C29H34N2O4S/c1-4-35-28-17-15-27(16-18-28)31(36(3,33)34)20-22-9-11-24(12-10-22)29(32)30-21(2)25-14-13-23-7-5-6-8-26(23)19-25/h9-19,21H,4-8,20H2,1-3H3,(H,30,32)/t21-/m0/s1. The van der Waals surface area contributed by atoms with Crippen LogP contribution in [-0.2, 0) is 29.4 Å². The van der Waals surface area contributed by atoms with E-state index in [9.17, 15) is 13.2 Å². The summed E-state index contributed by atoms with van der Waals surface area (Å²) >= 11 is 0. The molecule has 0 aliphatic heterocycles. The Morgan fingerprint density at radius 3 is 2.28 bits per heavy atom. The highest BCUT2D eigenvalue weighted by Crippen LogP contribution is 2.26. The van der Waals surface area contributed by atoms with Crippen LogP contribution in [0.15, 0.2) is 66.7 Å². The molecule has 7 heteroatoms. The second-order valence-electron chi connectivity index (χ2n) is 9.32. The van der Waals surface area contributed by atoms with Gasteiger partial charge in [0.25, 0.3) is 5.91 Å². The second-order valence-corrected chi connectivity index (χ2v) is 11.2. The minimum atomic E-state index is -3.51. The van der Waals surface area contributed by atoms with Crippen molar-refractivity contribution in [2.75, 3.05) is 17.2 Å². The highest BCUT2D eigenvalue weighted by molar-refractivity contribution is 7.92. The monoisotopic (exact) mass is 506 g/mol. The highest BCUT2D eigenvalue weighted by atomic mass is 32.2. The first-order valence-electron chi connectivity index (χ1n) is 12.5. The molecule has 3 aromatic rings. The van der Waals surface area contributed by atoms with Gasteiger partial charge in [-0.25, -0.2) is 8.42 Å². The lowest BCUT2D eigenvalue weighted by molar-refractivity contribution is 0.0940. The van der Waals surface area contributed by atoms with Crippen molar-refractivity contribution < 1.29 is 17.9 Å². The van der Waals surface area contributed by atoms with Crippen LogP contribution in [0.5, 0.6) is 5.75 Å². The average molecular weight is 507 g/mol. The van der Waals surface area contributed by atoms with E-state index in [-0.39, 0.29) is 18.5 Å². The number of amides is 1. The number of nitrogens with one attached hydrogen (secondary N) is 1. The van der Waals surface area contributed by atoms with Gasteiger partial charge in [-0.3, -0.25) is 9.10 Å². The van der Waals surface area contributed by atoms with Gasteiger partial charge in [-0.15, -0.1) is 0 Å². The van der Waals surface area contributed by atoms with E-state index in [1.165, 1.54) is 34.5 Å². The Labute approximate surface area is 214 Å². The maximum absolute atomic E-state index is 12.9. The first-order valence-corrected chi connectivity index (χ1v) is 14.3. The van der Waals surface area contributed by atoms with Crippen molar-refractivity contribution >= 4 is 21.6 Å². The number of carbonyl (C=O) groups is 1. The van der Waals surface area contributed by atoms with Crippen LogP contribution in [-0.4, -0.2) is 27.2 Å². The molecule has 3 aromatic carbocycles. The Hall–Kier alpha value is -3.32. The van der Waals surface area contributed by atoms with E-state index in [1.807, 2.05) is 13.8 Å². The molecule has 1 amide bonds. The number of rotatable bonds is 9. The summed E-state index contributed by atoms with van der Waals surface area (Å²) in [6.07, 6.45) is 5.90. The molecule has 0 fully saturated rings. The predicted molar refractivity (Wildman–Crippen MR) is 144 cm³/mol. The molecule has 1 aliphatic rings. The second kappa shape index (κ2) is 11.2. The molecule has 0 unspecified atom stereocenters. The zero-order valence-electron chi connectivity index (χ0n) is 21.2. The molecule has 0 radical (unpaired) electrons. The third kappa shape index (κ3) is 6.26. The fourth-order valence-electron chi connectivity index (χ4n) is 4.59. The summed E-state index contributed by atoms with van der Waals surface area (Å²) in [5.41, 5.74) is 5.81. The van der Waals surface area contributed by atoms with Crippen molar-refractivity contribution in [3.05, 3.63) is 94.5 Å². The number of hydrogen-bond acceptors (Lipinski definition) is 4. The summed E-state index contributed by atoms with van der Waals surface area (Å²) in [5, 5.41) is 3.09. The Kier molecular flexibility index (Phi) is 7.99. The third-order valence-corrected chi connectivity index (χ3v) is 7.74. The molecule has 6 nitrogen and oxygen atoms in total. The fraction of sp³-hybridized carbons (Fsp3) is 0.345. The van der Waals surface area contributed by atoms with Gasteiger partial charge in [0.1, 0.15) is 5.75 Å². The number of anilines is 1. The predicted octanol–water partition coefficient (Wildman–Crippen LogP) is 5.42. The van der Waals surface area contributed by atoms with Crippen LogP contribution in [0.2, 0.25) is 0 Å². The van der Waals surface area contributed by atoms with Crippen LogP contribution < -0.4 is 14.4 Å². The maximum atomic E-state index is 12.9. The number of hydrogen-bond donors (Lipinski definition) is 1. The number of fused-ring (bicyclic) bond motifs is 1. The Bertz CT molecular complexity index is 1300. The first-order chi connectivity index (χ1) is 17.2. The minimum Gasteiger partial charge on any atom is -0.494 e. The first kappa shape index (κ1) is 25.8. The molecule has 0 saturated heterocycles. The van der Waals surface area contributed by atoms with E-state index in [2.05, 4.69) is 23.5 Å². The molecule has 1 N–H and O–H groups in total. The number of ether oxygens (including phenoxy) is 1. The molecular formula is C29H34N2O4S. The number of nitrogens with zero attached hydrogens (tertiary/aromatic N) is 1. The lowest BCUT2D eigenvalue weighted by atomic mass is 9.89. The van der Waals surface area contributed by atoms with Crippen LogP contribution in [0.3, 0.4) is 0 Å². The topological polar surface area (TPSA) is 75.7 Å². The molecule has 36 heavy (non-hydrogen) atoms. The van der Waals surface area contributed by atoms with Crippen LogP contribution in [0.25, 0.3) is 0 Å². The third-order valence-electron chi connectivity index (χ3n) is 6.60. The summed E-state index contributed by atoms with van der Waals surface area (Å²) in [5.74, 6) is 0.535. The van der Waals surface area contributed by atoms with Crippen LogP contribution >= 0.6 is 0 Å². The Morgan fingerprint density at radius 1 is 0.972 bits per heavy atom. The largest absolute Gasteiger partial charge is 0.494 e. The van der Waals surface area contributed by atoms with E-state index in [0.29, 0.717) is 23.6 Å². The van der Waals surface area contributed by atoms with Crippen LogP contribution in [0.4, 0.5) is 5.69 Å². The van der Waals surface area contributed by atoms with E-state index in [1.54, 1.807) is 48.5 Å². The van der Waals surface area contributed by atoms with Crippen LogP contribution in [0, 0.1) is 0 Å². The molecule has 0 aromatic heterocycles. The smallest absolute Gasteiger partial charge is 0.251 e. The molecule has 190 valence electrons. The summed E-state index contributed by atoms with van der Waals surface area (Å²) in [6.45, 7) is 4.61. The number of sulfonamides is 1. The molecular weight excluding hydrogens is 472 g/mol. The van der Waals surface area contributed by atoms with Gasteiger partial charge in [-0.05, 0) is 98.2 Å². The lowest BCUT2D eigenvalue weighted by Gasteiger charge is -2.23. The molecule has 0 saturated carbocycles. The molecule has 1 atom stereocenters. The Morgan fingerprint density at radius 2 is 1.64 bits per heavy atom. The molecule has 0 bridgehead atoms. The van der Waals surface area contributed by atoms with E-state index >= 15 is 0 Å². The van der Waals surface area contributed by atoms with Gasteiger partial charge in [-0.2, -0.15) is 0 Å². The minimum absolute atomic E-state index is 0.107. The number of aryl methyl sites for hydroxylation is 2. The highest BCUT2D eigenvalue weighted by Gasteiger charge is 2.19. The van der Waals surface area contributed by atoms with E-state index in [0.717, 1.165) is 24.0 Å². The SMILES string of the molecule is CCOc1ccc(N(Cc2ccc(C(=O)N[C@@H](C)c3ccc4c(c3)CCCC4)cc2)S(C)(=O)=O)cc1. The van der Waals surface area contributed by atoms with Gasteiger partial charge in [0.05, 0.1) is 31.1 Å². The molecule has 4 rings (SSSR count). The van der Waals surface area contributed by atoms with Gasteiger partial charge in [-0.1, -0.05) is 30.3 Å². The van der Waals surface area contributed by atoms with Gasteiger partial charge in [0.2, 0.25) is 10.0 Å². The summed E-state index contributed by atoms with van der Waals surface area (Å²) in [6, 6.07) is 20.5. The van der Waals surface area contributed by atoms with Crippen LogP contribution in [0.1, 0.15) is 65.3 Å². The van der Waals surface area contributed by atoms with Gasteiger partial charge in [0.15, 0.2) is 0 Å². The van der Waals surface area contributed by atoms with Crippen molar-refractivity contribution in [2.24, 2.45) is 0 Å². The molecule has 0 spiro atoms.